The summed E-state index contributed by atoms with van der Waals surface area (Å²) >= 11 is 0. The average Bonchev–Trinajstić information content (AvgIpc) is 3.52. The van der Waals surface area contributed by atoms with E-state index in [1.807, 2.05) is 30.0 Å². The Morgan fingerprint density at radius 1 is 1.18 bits per heavy atom. The number of carbonyl (C=O) groups excluding carboxylic acids is 1. The van der Waals surface area contributed by atoms with E-state index in [2.05, 4.69) is 21.6 Å². The molecule has 3 fully saturated rings. The van der Waals surface area contributed by atoms with Gasteiger partial charge in [0, 0.05) is 24.6 Å². The van der Waals surface area contributed by atoms with E-state index in [1.54, 1.807) is 0 Å². The molecule has 146 valence electrons. The third-order valence-electron chi connectivity index (χ3n) is 7.02. The lowest BCUT2D eigenvalue weighted by atomic mass is 9.93. The van der Waals surface area contributed by atoms with Crippen LogP contribution in [0.1, 0.15) is 55.9 Å². The summed E-state index contributed by atoms with van der Waals surface area (Å²) in [6.07, 6.45) is 5.05. The summed E-state index contributed by atoms with van der Waals surface area (Å²) in [4.78, 5) is 14.7. The number of nitrogens with zero attached hydrogens (tertiary/aromatic N) is 3. The smallest absolute Gasteiger partial charge is 0.316 e. The Kier molecular flexibility index (Phi) is 3.35. The topological polar surface area (TPSA) is 80.5 Å². The second-order valence-corrected chi connectivity index (χ2v) is 8.81. The molecule has 3 heterocycles. The fraction of sp³-hybridized carbons (Fsp3) is 0.571. The van der Waals surface area contributed by atoms with Crippen molar-refractivity contribution in [2.45, 2.75) is 56.6 Å². The van der Waals surface area contributed by atoms with Gasteiger partial charge in [-0.05, 0) is 44.1 Å². The van der Waals surface area contributed by atoms with E-state index in [4.69, 9.17) is 9.15 Å². The van der Waals surface area contributed by atoms with Crippen molar-refractivity contribution in [2.24, 2.45) is 5.41 Å². The van der Waals surface area contributed by atoms with Crippen molar-refractivity contribution in [3.63, 3.8) is 0 Å². The third-order valence-corrected chi connectivity index (χ3v) is 7.02. The predicted octanol–water partition coefficient (Wildman–Crippen LogP) is 2.91. The van der Waals surface area contributed by atoms with E-state index in [0.29, 0.717) is 23.2 Å². The fourth-order valence-electron chi connectivity index (χ4n) is 4.93. The molecule has 4 atom stereocenters. The number of likely N-dealkylation sites (tertiary alicyclic amines) is 1. The second kappa shape index (κ2) is 5.72. The highest BCUT2D eigenvalue weighted by Gasteiger charge is 2.62. The van der Waals surface area contributed by atoms with Gasteiger partial charge in [-0.1, -0.05) is 23.3 Å². The number of amides is 1. The lowest BCUT2D eigenvalue weighted by Gasteiger charge is -2.33. The number of anilines is 1. The van der Waals surface area contributed by atoms with Crippen LogP contribution in [0.5, 0.6) is 5.75 Å². The van der Waals surface area contributed by atoms with E-state index in [0.717, 1.165) is 31.7 Å². The molecule has 7 heteroatoms. The van der Waals surface area contributed by atoms with Crippen LogP contribution in [-0.2, 0) is 4.79 Å². The number of hydrogen-bond acceptors (Lipinski definition) is 6. The SMILES string of the molecule is C[C@H](Nc1nnc(C2C3Oc4ccccc4C32)o1)C(=O)N1CCC2(CC1)CC2. The first-order valence-corrected chi connectivity index (χ1v) is 10.3. The number of piperidine rings is 1. The van der Waals surface area contributed by atoms with Gasteiger partial charge in [-0.3, -0.25) is 4.79 Å². The Bertz CT molecular complexity index is 927. The van der Waals surface area contributed by atoms with Crippen LogP contribution >= 0.6 is 0 Å². The molecular weight excluding hydrogens is 356 g/mol. The summed E-state index contributed by atoms with van der Waals surface area (Å²) in [5.74, 6) is 2.06. The number of ether oxygens (including phenoxy) is 1. The molecule has 1 saturated heterocycles. The van der Waals surface area contributed by atoms with Crippen molar-refractivity contribution in [1.29, 1.82) is 0 Å². The zero-order chi connectivity index (χ0) is 18.9. The molecule has 7 nitrogen and oxygen atoms in total. The first-order chi connectivity index (χ1) is 13.6. The molecule has 2 aromatic rings. The van der Waals surface area contributed by atoms with Crippen molar-refractivity contribution in [3.8, 4) is 5.75 Å². The predicted molar refractivity (Wildman–Crippen MR) is 101 cm³/mol. The van der Waals surface area contributed by atoms with E-state index in [1.165, 1.54) is 18.4 Å². The van der Waals surface area contributed by atoms with Crippen molar-refractivity contribution >= 4 is 11.9 Å². The van der Waals surface area contributed by atoms with Crippen LogP contribution in [-0.4, -0.2) is 46.2 Å². The Hall–Kier alpha value is -2.57. The number of aromatic nitrogens is 2. The van der Waals surface area contributed by atoms with Gasteiger partial charge in [-0.2, -0.15) is 0 Å². The normalized spacial score (nSPS) is 29.6. The maximum atomic E-state index is 12.7. The molecule has 2 aliphatic carbocycles. The maximum absolute atomic E-state index is 12.7. The molecule has 0 radical (unpaired) electrons. The zero-order valence-corrected chi connectivity index (χ0v) is 15.9. The summed E-state index contributed by atoms with van der Waals surface area (Å²) in [5.41, 5.74) is 1.78. The summed E-state index contributed by atoms with van der Waals surface area (Å²) in [6, 6.07) is 8.04. The summed E-state index contributed by atoms with van der Waals surface area (Å²) in [6.45, 7) is 3.59. The minimum absolute atomic E-state index is 0.0906. The molecule has 4 aliphatic rings. The van der Waals surface area contributed by atoms with Crippen LogP contribution in [0.25, 0.3) is 0 Å². The molecule has 0 bridgehead atoms. The fourth-order valence-corrected chi connectivity index (χ4v) is 4.93. The Labute approximate surface area is 163 Å². The van der Waals surface area contributed by atoms with Gasteiger partial charge >= 0.3 is 6.01 Å². The first kappa shape index (κ1) is 16.4. The van der Waals surface area contributed by atoms with E-state index < -0.39 is 0 Å². The molecule has 2 saturated carbocycles. The van der Waals surface area contributed by atoms with Crippen molar-refractivity contribution in [3.05, 3.63) is 35.7 Å². The highest BCUT2D eigenvalue weighted by Crippen LogP contribution is 2.62. The Morgan fingerprint density at radius 3 is 2.75 bits per heavy atom. The van der Waals surface area contributed by atoms with Crippen LogP contribution in [0.4, 0.5) is 6.01 Å². The van der Waals surface area contributed by atoms with E-state index in [-0.39, 0.29) is 24.0 Å². The van der Waals surface area contributed by atoms with E-state index >= 15 is 0 Å². The lowest BCUT2D eigenvalue weighted by Crippen LogP contribution is -2.45. The average molecular weight is 380 g/mol. The van der Waals surface area contributed by atoms with Crippen LogP contribution < -0.4 is 10.1 Å². The molecule has 1 amide bonds. The molecule has 28 heavy (non-hydrogen) atoms. The van der Waals surface area contributed by atoms with Crippen molar-refractivity contribution in [2.75, 3.05) is 18.4 Å². The molecule has 1 aromatic carbocycles. The second-order valence-electron chi connectivity index (χ2n) is 8.81. The van der Waals surface area contributed by atoms with Gasteiger partial charge in [0.25, 0.3) is 0 Å². The molecule has 1 spiro atoms. The highest BCUT2D eigenvalue weighted by molar-refractivity contribution is 5.83. The number of fused-ring (bicyclic) bond motifs is 3. The quantitative estimate of drug-likeness (QED) is 0.878. The van der Waals surface area contributed by atoms with Crippen LogP contribution in [0.3, 0.4) is 0 Å². The standard InChI is InChI=1S/C21H24N4O3/c1-12(19(26)25-10-8-21(6-7-21)9-11-25)22-20-24-23-18(28-20)16-15-13-4-2-3-5-14(13)27-17(15)16/h2-5,12,15-17H,6-11H2,1H3,(H,22,24)/t12-,15?,16?,17?/m0/s1. The van der Waals surface area contributed by atoms with Gasteiger partial charge in [-0.25, -0.2) is 0 Å². The van der Waals surface area contributed by atoms with Crippen LogP contribution in [0, 0.1) is 5.41 Å². The Balaban J connectivity index is 1.09. The molecule has 2 aliphatic heterocycles. The number of hydrogen-bond donors (Lipinski definition) is 1. The van der Waals surface area contributed by atoms with Gasteiger partial charge in [0.05, 0.1) is 5.92 Å². The van der Waals surface area contributed by atoms with Crippen LogP contribution in [0.2, 0.25) is 0 Å². The van der Waals surface area contributed by atoms with Gasteiger partial charge in [0.15, 0.2) is 0 Å². The third kappa shape index (κ3) is 2.52. The molecule has 1 N–H and O–H groups in total. The molecule has 6 rings (SSSR count). The van der Waals surface area contributed by atoms with Crippen molar-refractivity contribution in [1.82, 2.24) is 15.1 Å². The first-order valence-electron chi connectivity index (χ1n) is 10.3. The largest absolute Gasteiger partial charge is 0.489 e. The number of carbonyl (C=O) groups is 1. The highest BCUT2D eigenvalue weighted by atomic mass is 16.5. The van der Waals surface area contributed by atoms with Gasteiger partial charge in [-0.15, -0.1) is 5.10 Å². The minimum Gasteiger partial charge on any atom is -0.489 e. The number of rotatable bonds is 4. The molecular formula is C21H24N4O3. The summed E-state index contributed by atoms with van der Waals surface area (Å²) in [7, 11) is 0. The summed E-state index contributed by atoms with van der Waals surface area (Å²) < 4.78 is 11.8. The minimum atomic E-state index is -0.378. The number of nitrogens with one attached hydrogen (secondary N) is 1. The Morgan fingerprint density at radius 2 is 1.96 bits per heavy atom. The van der Waals surface area contributed by atoms with Crippen LogP contribution in [0.15, 0.2) is 28.7 Å². The zero-order valence-electron chi connectivity index (χ0n) is 15.9. The molecule has 1 aromatic heterocycles. The summed E-state index contributed by atoms with van der Waals surface area (Å²) in [5, 5.41) is 11.4. The van der Waals surface area contributed by atoms with Gasteiger partial charge in [0.2, 0.25) is 11.8 Å². The number of para-hydroxylation sites is 1. The van der Waals surface area contributed by atoms with E-state index in [9.17, 15) is 4.79 Å². The monoisotopic (exact) mass is 380 g/mol. The van der Waals surface area contributed by atoms with Gasteiger partial charge < -0.3 is 19.4 Å². The lowest BCUT2D eigenvalue weighted by molar-refractivity contribution is -0.133. The maximum Gasteiger partial charge on any atom is 0.316 e. The molecule has 3 unspecified atom stereocenters. The van der Waals surface area contributed by atoms with Gasteiger partial charge in [0.1, 0.15) is 17.9 Å². The van der Waals surface area contributed by atoms with Crippen molar-refractivity contribution < 1.29 is 13.9 Å². The number of benzene rings is 1.